The Morgan fingerprint density at radius 1 is 1.29 bits per heavy atom. The van der Waals surface area contributed by atoms with Crippen LogP contribution in [0.4, 0.5) is 5.69 Å². The molecule has 1 unspecified atom stereocenters. The van der Waals surface area contributed by atoms with Crippen LogP contribution in [0.3, 0.4) is 0 Å². The van der Waals surface area contributed by atoms with E-state index in [4.69, 9.17) is 5.73 Å². The lowest BCUT2D eigenvalue weighted by atomic mass is 10.3. The second-order valence-electron chi connectivity index (χ2n) is 3.63. The summed E-state index contributed by atoms with van der Waals surface area (Å²) >= 11 is 0. The van der Waals surface area contributed by atoms with Crippen LogP contribution in [-0.2, 0) is 9.92 Å². The van der Waals surface area contributed by atoms with Crippen LogP contribution in [0.15, 0.2) is 33.5 Å². The third kappa shape index (κ3) is 2.98. The molecule has 1 aromatic rings. The lowest BCUT2D eigenvalue weighted by Crippen LogP contribution is -2.30. The minimum Gasteiger partial charge on any atom is -0.399 e. The number of hydrogen-bond donors (Lipinski definition) is 1. The van der Waals surface area contributed by atoms with Crippen molar-refractivity contribution in [3.8, 4) is 0 Å². The molecule has 0 heterocycles. The zero-order valence-electron chi connectivity index (χ0n) is 10.7. The summed E-state index contributed by atoms with van der Waals surface area (Å²) in [7, 11) is -2.50. The van der Waals surface area contributed by atoms with Crippen molar-refractivity contribution in [1.29, 1.82) is 0 Å². The molecule has 0 radical (unpaired) electrons. The molecule has 0 aliphatic heterocycles. The molecule has 1 rings (SSSR count). The first kappa shape index (κ1) is 14.0. The highest BCUT2D eigenvalue weighted by atomic mass is 32.2. The number of anilines is 1. The van der Waals surface area contributed by atoms with Crippen LogP contribution in [0.1, 0.15) is 20.8 Å². The van der Waals surface area contributed by atoms with Gasteiger partial charge in [0.25, 0.3) is 0 Å². The Kier molecular flexibility index (Phi) is 4.96. The zero-order valence-corrected chi connectivity index (χ0v) is 11.5. The Morgan fingerprint density at radius 3 is 2.41 bits per heavy atom. The summed E-state index contributed by atoms with van der Waals surface area (Å²) in [6, 6.07) is 7.19. The fraction of sp³-hybridized carbons (Fsp3) is 0.500. The quantitative estimate of drug-likeness (QED) is 0.821. The van der Waals surface area contributed by atoms with E-state index in [1.807, 2.05) is 37.2 Å². The first-order valence-electron chi connectivity index (χ1n) is 5.92. The van der Waals surface area contributed by atoms with E-state index in [2.05, 4.69) is 4.36 Å². The van der Waals surface area contributed by atoms with Gasteiger partial charge in [-0.2, -0.15) is 0 Å². The SMILES string of the molecule is CCN=S(=O)(c1cccc(N)c1)N(CC)CC. The van der Waals surface area contributed by atoms with Crippen LogP contribution in [-0.4, -0.2) is 28.1 Å². The lowest BCUT2D eigenvalue weighted by molar-refractivity contribution is 0.481. The highest BCUT2D eigenvalue weighted by Crippen LogP contribution is 2.20. The number of nitrogens with zero attached hydrogens (tertiary/aromatic N) is 2. The van der Waals surface area contributed by atoms with Gasteiger partial charge < -0.3 is 5.73 Å². The van der Waals surface area contributed by atoms with Crippen LogP contribution in [0.5, 0.6) is 0 Å². The van der Waals surface area contributed by atoms with E-state index in [-0.39, 0.29) is 0 Å². The summed E-state index contributed by atoms with van der Waals surface area (Å²) in [5.41, 5.74) is 6.37. The van der Waals surface area contributed by atoms with Gasteiger partial charge in [0.05, 0.1) is 4.90 Å². The molecule has 2 N–H and O–H groups in total. The maximum absolute atomic E-state index is 13.0. The monoisotopic (exact) mass is 255 g/mol. The largest absolute Gasteiger partial charge is 0.399 e. The van der Waals surface area contributed by atoms with Gasteiger partial charge in [-0.15, -0.1) is 0 Å². The van der Waals surface area contributed by atoms with Gasteiger partial charge in [0, 0.05) is 25.3 Å². The van der Waals surface area contributed by atoms with Crippen LogP contribution >= 0.6 is 0 Å². The summed E-state index contributed by atoms with van der Waals surface area (Å²) < 4.78 is 19.2. The van der Waals surface area contributed by atoms with E-state index in [1.54, 1.807) is 12.1 Å². The number of benzene rings is 1. The smallest absolute Gasteiger partial charge is 0.139 e. The van der Waals surface area contributed by atoms with Crippen LogP contribution in [0, 0.1) is 0 Å². The van der Waals surface area contributed by atoms with E-state index in [1.165, 1.54) is 0 Å². The van der Waals surface area contributed by atoms with E-state index >= 15 is 0 Å². The molecule has 96 valence electrons. The van der Waals surface area contributed by atoms with Crippen molar-refractivity contribution < 1.29 is 4.21 Å². The van der Waals surface area contributed by atoms with E-state index < -0.39 is 9.92 Å². The van der Waals surface area contributed by atoms with E-state index in [9.17, 15) is 4.21 Å². The molecule has 0 fully saturated rings. The Hall–Kier alpha value is -1.07. The van der Waals surface area contributed by atoms with E-state index in [0.29, 0.717) is 30.2 Å². The molecule has 5 heteroatoms. The molecule has 1 aromatic carbocycles. The third-order valence-corrected chi connectivity index (χ3v) is 5.22. The van der Waals surface area contributed by atoms with Crippen molar-refractivity contribution in [2.45, 2.75) is 25.7 Å². The molecule has 4 nitrogen and oxygen atoms in total. The standard InChI is InChI=1S/C12H21N3OS/c1-4-14-17(16,15(5-2)6-3)12-9-7-8-11(13)10-12/h7-10H,4-6,13H2,1-3H3. The minimum atomic E-state index is -2.50. The Morgan fingerprint density at radius 2 is 1.94 bits per heavy atom. The number of hydrogen-bond acceptors (Lipinski definition) is 3. The van der Waals surface area contributed by atoms with Crippen molar-refractivity contribution in [3.05, 3.63) is 24.3 Å². The molecule has 17 heavy (non-hydrogen) atoms. The van der Waals surface area contributed by atoms with Gasteiger partial charge in [0.1, 0.15) is 9.92 Å². The average Bonchev–Trinajstić information content (AvgIpc) is 2.31. The Balaban J connectivity index is 3.36. The van der Waals surface area contributed by atoms with Gasteiger partial charge in [-0.25, -0.2) is 12.9 Å². The second kappa shape index (κ2) is 6.02. The molecule has 0 amide bonds. The van der Waals surface area contributed by atoms with Crippen LogP contribution in [0.25, 0.3) is 0 Å². The van der Waals surface area contributed by atoms with Crippen molar-refractivity contribution in [3.63, 3.8) is 0 Å². The highest BCUT2D eigenvalue weighted by molar-refractivity contribution is 7.91. The molecule has 0 aliphatic rings. The predicted octanol–water partition coefficient (Wildman–Crippen LogP) is 2.37. The number of nitrogens with two attached hydrogens (primary N) is 1. The number of nitrogen functional groups attached to an aromatic ring is 1. The highest BCUT2D eigenvalue weighted by Gasteiger charge is 2.19. The van der Waals surface area contributed by atoms with Gasteiger partial charge in [-0.05, 0) is 25.1 Å². The maximum Gasteiger partial charge on any atom is 0.139 e. The molecule has 0 spiro atoms. The van der Waals surface area contributed by atoms with Gasteiger partial charge in [0.2, 0.25) is 0 Å². The Bertz CT molecular complexity index is 474. The second-order valence-corrected chi connectivity index (χ2v) is 5.87. The van der Waals surface area contributed by atoms with Gasteiger partial charge >= 0.3 is 0 Å². The molecular weight excluding hydrogens is 234 g/mol. The normalized spacial score (nSPS) is 14.6. The van der Waals surface area contributed by atoms with E-state index in [0.717, 1.165) is 0 Å². The minimum absolute atomic E-state index is 0.532. The average molecular weight is 255 g/mol. The first-order valence-corrected chi connectivity index (χ1v) is 7.39. The predicted molar refractivity (Wildman–Crippen MR) is 73.2 cm³/mol. The molecular formula is C12H21N3OS. The summed E-state index contributed by atoms with van der Waals surface area (Å²) in [4.78, 5) is 0.697. The van der Waals surface area contributed by atoms with Gasteiger partial charge in [-0.3, -0.25) is 0 Å². The summed E-state index contributed by atoms with van der Waals surface area (Å²) in [6.45, 7) is 7.81. The topological polar surface area (TPSA) is 58.7 Å². The molecule has 0 aliphatic carbocycles. The van der Waals surface area contributed by atoms with Gasteiger partial charge in [-0.1, -0.05) is 19.9 Å². The van der Waals surface area contributed by atoms with Crippen LogP contribution < -0.4 is 5.73 Å². The fourth-order valence-corrected chi connectivity index (χ4v) is 3.94. The summed E-state index contributed by atoms with van der Waals surface area (Å²) in [6.07, 6.45) is 0. The summed E-state index contributed by atoms with van der Waals surface area (Å²) in [5.74, 6) is 0. The van der Waals surface area contributed by atoms with Crippen molar-refractivity contribution >= 4 is 15.6 Å². The zero-order chi connectivity index (χ0) is 12.9. The van der Waals surface area contributed by atoms with Gasteiger partial charge in [0.15, 0.2) is 0 Å². The Labute approximate surface area is 104 Å². The molecule has 0 aromatic heterocycles. The van der Waals surface area contributed by atoms with Crippen molar-refractivity contribution in [1.82, 2.24) is 4.31 Å². The first-order chi connectivity index (χ1) is 8.08. The third-order valence-electron chi connectivity index (χ3n) is 2.52. The summed E-state index contributed by atoms with van der Waals surface area (Å²) in [5, 5.41) is 0. The molecule has 0 saturated carbocycles. The fourth-order valence-electron chi connectivity index (χ4n) is 1.73. The van der Waals surface area contributed by atoms with Crippen LogP contribution in [0.2, 0.25) is 0 Å². The van der Waals surface area contributed by atoms with Crippen molar-refractivity contribution in [2.75, 3.05) is 25.4 Å². The molecule has 1 atom stereocenters. The lowest BCUT2D eigenvalue weighted by Gasteiger charge is -2.23. The maximum atomic E-state index is 13.0. The molecule has 0 saturated heterocycles. The molecule has 0 bridgehead atoms. The number of rotatable bonds is 5. The van der Waals surface area contributed by atoms with Crippen molar-refractivity contribution in [2.24, 2.45) is 4.36 Å².